The van der Waals surface area contributed by atoms with Gasteiger partial charge in [0.15, 0.2) is 0 Å². The van der Waals surface area contributed by atoms with E-state index in [9.17, 15) is 15.3 Å². The summed E-state index contributed by atoms with van der Waals surface area (Å²) < 4.78 is 5.82. The Morgan fingerprint density at radius 1 is 1.18 bits per heavy atom. The molecule has 1 aromatic carbocycles. The van der Waals surface area contributed by atoms with Gasteiger partial charge in [-0.25, -0.2) is 0 Å². The van der Waals surface area contributed by atoms with Crippen LogP contribution in [0.5, 0.6) is 0 Å². The summed E-state index contributed by atoms with van der Waals surface area (Å²) in [6, 6.07) is 9.35. The summed E-state index contributed by atoms with van der Waals surface area (Å²) in [6.45, 7) is 3.66. The van der Waals surface area contributed by atoms with Gasteiger partial charge in [0.05, 0.1) is 25.4 Å². The molecule has 5 nitrogen and oxygen atoms in total. The minimum atomic E-state index is -0.989. The number of likely N-dealkylation sites (tertiary alicyclic amines) is 1. The average Bonchev–Trinajstić information content (AvgIpc) is 2.55. The number of nitrogens with zero attached hydrogens (tertiary/aromatic N) is 1. The highest BCUT2D eigenvalue weighted by molar-refractivity contribution is 5.13. The van der Waals surface area contributed by atoms with Gasteiger partial charge >= 0.3 is 0 Å². The summed E-state index contributed by atoms with van der Waals surface area (Å²) >= 11 is 0. The standard InChI is InChI=1S/C17H27NO4/c1-2-3-9-18-10-15(17(21)16(20)14(18)11-19)22-12-13-7-5-4-6-8-13/h4-8,14-17,19-21H,2-3,9-12H2,1H3. The van der Waals surface area contributed by atoms with Crippen LogP contribution in [0.1, 0.15) is 25.3 Å². The topological polar surface area (TPSA) is 73.2 Å². The van der Waals surface area contributed by atoms with Crippen LogP contribution in [0.4, 0.5) is 0 Å². The highest BCUT2D eigenvalue weighted by Crippen LogP contribution is 2.22. The van der Waals surface area contributed by atoms with Crippen molar-refractivity contribution in [2.45, 2.75) is 50.7 Å². The molecule has 1 aliphatic heterocycles. The third-order valence-electron chi connectivity index (χ3n) is 4.30. The van der Waals surface area contributed by atoms with E-state index in [1.165, 1.54) is 0 Å². The van der Waals surface area contributed by atoms with E-state index in [0.29, 0.717) is 13.2 Å². The van der Waals surface area contributed by atoms with Gasteiger partial charge in [-0.1, -0.05) is 43.7 Å². The molecule has 1 aliphatic rings. The molecule has 0 bridgehead atoms. The predicted molar refractivity (Wildman–Crippen MR) is 84.4 cm³/mol. The molecule has 4 unspecified atom stereocenters. The third-order valence-corrected chi connectivity index (χ3v) is 4.30. The highest BCUT2D eigenvalue weighted by atomic mass is 16.5. The lowest BCUT2D eigenvalue weighted by Crippen LogP contribution is -2.63. The van der Waals surface area contributed by atoms with Crippen molar-refractivity contribution in [1.29, 1.82) is 0 Å². The highest BCUT2D eigenvalue weighted by Gasteiger charge is 2.41. The Bertz CT molecular complexity index is 428. The fraction of sp³-hybridized carbons (Fsp3) is 0.647. The van der Waals surface area contributed by atoms with Crippen LogP contribution in [-0.2, 0) is 11.3 Å². The van der Waals surface area contributed by atoms with Crippen LogP contribution in [0.15, 0.2) is 30.3 Å². The predicted octanol–water partition coefficient (Wildman–Crippen LogP) is 0.770. The maximum atomic E-state index is 10.2. The normalized spacial score (nSPS) is 29.6. The molecule has 2 rings (SSSR count). The van der Waals surface area contributed by atoms with Gasteiger partial charge < -0.3 is 20.1 Å². The minimum absolute atomic E-state index is 0.159. The zero-order valence-corrected chi connectivity index (χ0v) is 13.1. The molecule has 1 saturated heterocycles. The molecule has 0 aromatic heterocycles. The molecule has 0 aliphatic carbocycles. The van der Waals surface area contributed by atoms with E-state index in [1.54, 1.807) is 0 Å². The second kappa shape index (κ2) is 8.60. The van der Waals surface area contributed by atoms with Crippen molar-refractivity contribution in [3.8, 4) is 0 Å². The first-order chi connectivity index (χ1) is 10.7. The van der Waals surface area contributed by atoms with E-state index in [-0.39, 0.29) is 6.61 Å². The molecule has 1 aromatic rings. The summed E-state index contributed by atoms with van der Waals surface area (Å²) in [4.78, 5) is 2.02. The van der Waals surface area contributed by atoms with E-state index < -0.39 is 24.4 Å². The van der Waals surface area contributed by atoms with Crippen molar-refractivity contribution in [3.05, 3.63) is 35.9 Å². The lowest BCUT2D eigenvalue weighted by Gasteiger charge is -2.44. The minimum Gasteiger partial charge on any atom is -0.395 e. The maximum absolute atomic E-state index is 10.2. The molecule has 5 heteroatoms. The second-order valence-electron chi connectivity index (χ2n) is 5.91. The molecule has 4 atom stereocenters. The molecule has 3 N–H and O–H groups in total. The van der Waals surface area contributed by atoms with Gasteiger partial charge in [-0.05, 0) is 18.5 Å². The van der Waals surface area contributed by atoms with Crippen LogP contribution in [0.2, 0.25) is 0 Å². The largest absolute Gasteiger partial charge is 0.395 e. The van der Waals surface area contributed by atoms with Crippen LogP contribution in [0.3, 0.4) is 0 Å². The summed E-state index contributed by atoms with van der Waals surface area (Å²) in [5, 5.41) is 30.0. The quantitative estimate of drug-likeness (QED) is 0.694. The van der Waals surface area contributed by atoms with Crippen LogP contribution in [0, 0.1) is 0 Å². The van der Waals surface area contributed by atoms with Crippen LogP contribution in [-0.4, -0.2) is 64.3 Å². The van der Waals surface area contributed by atoms with Gasteiger partial charge in [-0.2, -0.15) is 0 Å². The number of unbranched alkanes of at least 4 members (excludes halogenated alkanes) is 1. The number of aliphatic hydroxyl groups excluding tert-OH is 3. The Morgan fingerprint density at radius 3 is 2.55 bits per heavy atom. The van der Waals surface area contributed by atoms with E-state index >= 15 is 0 Å². The van der Waals surface area contributed by atoms with Gasteiger partial charge in [0, 0.05) is 6.54 Å². The molecular formula is C17H27NO4. The van der Waals surface area contributed by atoms with Gasteiger partial charge in [-0.3, -0.25) is 4.90 Å². The Labute approximate surface area is 132 Å². The monoisotopic (exact) mass is 309 g/mol. The molecule has 1 heterocycles. The Hall–Kier alpha value is -0.980. The summed E-state index contributed by atoms with van der Waals surface area (Å²) in [5.74, 6) is 0. The molecule has 0 radical (unpaired) electrons. The zero-order valence-electron chi connectivity index (χ0n) is 13.1. The lowest BCUT2D eigenvalue weighted by atomic mass is 9.93. The van der Waals surface area contributed by atoms with E-state index in [0.717, 1.165) is 24.9 Å². The number of hydrogen-bond donors (Lipinski definition) is 3. The summed E-state index contributed by atoms with van der Waals surface area (Å²) in [7, 11) is 0. The molecule has 0 spiro atoms. The zero-order chi connectivity index (χ0) is 15.9. The number of rotatable bonds is 7. The Balaban J connectivity index is 1.97. The van der Waals surface area contributed by atoms with E-state index in [2.05, 4.69) is 6.92 Å². The van der Waals surface area contributed by atoms with Gasteiger partial charge in [-0.15, -0.1) is 0 Å². The molecule has 1 fully saturated rings. The first-order valence-electron chi connectivity index (χ1n) is 8.04. The van der Waals surface area contributed by atoms with E-state index in [4.69, 9.17) is 4.74 Å². The van der Waals surface area contributed by atoms with Gasteiger partial charge in [0.25, 0.3) is 0 Å². The van der Waals surface area contributed by atoms with Crippen LogP contribution >= 0.6 is 0 Å². The van der Waals surface area contributed by atoms with Gasteiger partial charge in [0.1, 0.15) is 12.2 Å². The Kier molecular flexibility index (Phi) is 6.79. The first-order valence-corrected chi connectivity index (χ1v) is 8.04. The van der Waals surface area contributed by atoms with Crippen molar-refractivity contribution in [2.75, 3.05) is 19.7 Å². The summed E-state index contributed by atoms with van der Waals surface area (Å²) in [5.41, 5.74) is 1.04. The molecule has 0 amide bonds. The molecule has 124 valence electrons. The fourth-order valence-corrected chi connectivity index (χ4v) is 2.91. The van der Waals surface area contributed by atoms with Crippen molar-refractivity contribution >= 4 is 0 Å². The molecule has 22 heavy (non-hydrogen) atoms. The average molecular weight is 309 g/mol. The van der Waals surface area contributed by atoms with Crippen molar-refractivity contribution < 1.29 is 20.1 Å². The fourth-order valence-electron chi connectivity index (χ4n) is 2.91. The number of ether oxygens (including phenoxy) is 1. The molecular weight excluding hydrogens is 282 g/mol. The number of hydrogen-bond acceptors (Lipinski definition) is 5. The van der Waals surface area contributed by atoms with Crippen molar-refractivity contribution in [3.63, 3.8) is 0 Å². The first kappa shape index (κ1) is 17.4. The number of piperidine rings is 1. The maximum Gasteiger partial charge on any atom is 0.109 e. The smallest absolute Gasteiger partial charge is 0.109 e. The number of benzene rings is 1. The lowest BCUT2D eigenvalue weighted by molar-refractivity contribution is -0.166. The number of aliphatic hydroxyl groups is 3. The molecule has 0 saturated carbocycles. The van der Waals surface area contributed by atoms with Gasteiger partial charge in [0.2, 0.25) is 0 Å². The van der Waals surface area contributed by atoms with Crippen molar-refractivity contribution in [1.82, 2.24) is 4.90 Å². The van der Waals surface area contributed by atoms with Crippen LogP contribution < -0.4 is 0 Å². The van der Waals surface area contributed by atoms with Crippen LogP contribution in [0.25, 0.3) is 0 Å². The van der Waals surface area contributed by atoms with Crippen molar-refractivity contribution in [2.24, 2.45) is 0 Å². The van der Waals surface area contributed by atoms with E-state index in [1.807, 2.05) is 35.2 Å². The third kappa shape index (κ3) is 4.27. The SMILES string of the molecule is CCCCN1CC(OCc2ccccc2)C(O)C(O)C1CO. The Morgan fingerprint density at radius 2 is 1.91 bits per heavy atom. The summed E-state index contributed by atoms with van der Waals surface area (Å²) in [6.07, 6.45) is -0.377. The second-order valence-corrected chi connectivity index (χ2v) is 5.91.